The number of hydrogen-bond acceptors (Lipinski definition) is 5. The Bertz CT molecular complexity index is 797. The van der Waals surface area contributed by atoms with Gasteiger partial charge in [-0.1, -0.05) is 12.5 Å². The Morgan fingerprint density at radius 1 is 1.12 bits per heavy atom. The number of rotatable bonds is 6. The Morgan fingerprint density at radius 2 is 1.92 bits per heavy atom. The summed E-state index contributed by atoms with van der Waals surface area (Å²) in [6, 6.07) is 9.32. The van der Waals surface area contributed by atoms with Crippen LogP contribution in [0.4, 0.5) is 5.69 Å². The molecule has 0 N–H and O–H groups in total. The molecule has 25 heavy (non-hydrogen) atoms. The molecule has 132 valence electrons. The van der Waals surface area contributed by atoms with Crippen molar-refractivity contribution in [2.24, 2.45) is 0 Å². The summed E-state index contributed by atoms with van der Waals surface area (Å²) in [6.45, 7) is 3.22. The predicted octanol–water partition coefficient (Wildman–Crippen LogP) is 2.61. The van der Waals surface area contributed by atoms with Crippen LogP contribution in [-0.2, 0) is 0 Å². The molecule has 0 bridgehead atoms. The van der Waals surface area contributed by atoms with Gasteiger partial charge in [0.25, 0.3) is 5.56 Å². The van der Waals surface area contributed by atoms with Crippen LogP contribution in [-0.4, -0.2) is 40.6 Å². The number of ether oxygens (including phenoxy) is 1. The molecule has 7 heteroatoms. The maximum Gasteiger partial charge on any atom is 0.311 e. The van der Waals surface area contributed by atoms with Crippen molar-refractivity contribution in [2.45, 2.75) is 19.3 Å². The van der Waals surface area contributed by atoms with Gasteiger partial charge in [0.1, 0.15) is 6.61 Å². The van der Waals surface area contributed by atoms with E-state index in [-0.39, 0.29) is 17.0 Å². The van der Waals surface area contributed by atoms with Crippen molar-refractivity contribution in [3.8, 4) is 11.4 Å². The fourth-order valence-electron chi connectivity index (χ4n) is 3.03. The first kappa shape index (κ1) is 17.2. The van der Waals surface area contributed by atoms with Crippen molar-refractivity contribution >= 4 is 5.69 Å². The maximum absolute atomic E-state index is 12.0. The number of nitro benzene ring substituents is 1. The molecular weight excluding hydrogens is 322 g/mol. The number of hydrogen-bond donors (Lipinski definition) is 0. The first-order valence-electron chi connectivity index (χ1n) is 8.47. The molecule has 0 unspecified atom stereocenters. The lowest BCUT2D eigenvalue weighted by molar-refractivity contribution is -0.385. The topological polar surface area (TPSA) is 77.6 Å². The predicted molar refractivity (Wildman–Crippen MR) is 94.5 cm³/mol. The second-order valence-electron chi connectivity index (χ2n) is 6.07. The molecule has 0 spiro atoms. The van der Waals surface area contributed by atoms with Gasteiger partial charge in [-0.2, -0.15) is 0 Å². The van der Waals surface area contributed by atoms with E-state index in [1.54, 1.807) is 30.5 Å². The maximum atomic E-state index is 12.0. The van der Waals surface area contributed by atoms with Gasteiger partial charge in [0.15, 0.2) is 5.75 Å². The van der Waals surface area contributed by atoms with Gasteiger partial charge in [0.05, 0.1) is 10.6 Å². The zero-order chi connectivity index (χ0) is 17.6. The van der Waals surface area contributed by atoms with Crippen molar-refractivity contribution in [3.05, 3.63) is 63.1 Å². The summed E-state index contributed by atoms with van der Waals surface area (Å²) in [5, 5.41) is 11.2. The van der Waals surface area contributed by atoms with E-state index in [2.05, 4.69) is 4.90 Å². The first-order chi connectivity index (χ1) is 12.1. The zero-order valence-corrected chi connectivity index (χ0v) is 14.0. The smallest absolute Gasteiger partial charge is 0.311 e. The molecule has 0 atom stereocenters. The summed E-state index contributed by atoms with van der Waals surface area (Å²) >= 11 is 0. The van der Waals surface area contributed by atoms with Gasteiger partial charge in [-0.15, -0.1) is 0 Å². The Hall–Kier alpha value is -2.67. The molecule has 2 heterocycles. The fourth-order valence-corrected chi connectivity index (χ4v) is 3.03. The van der Waals surface area contributed by atoms with Crippen LogP contribution in [0.3, 0.4) is 0 Å². The van der Waals surface area contributed by atoms with Crippen molar-refractivity contribution in [2.75, 3.05) is 26.2 Å². The Balaban J connectivity index is 1.78. The number of likely N-dealkylation sites (tertiary alicyclic amines) is 1. The van der Waals surface area contributed by atoms with Gasteiger partial charge in [-0.25, -0.2) is 0 Å². The number of benzene rings is 1. The number of aromatic nitrogens is 1. The highest BCUT2D eigenvalue weighted by molar-refractivity contribution is 5.53. The number of pyridine rings is 1. The van der Waals surface area contributed by atoms with Gasteiger partial charge in [-0.05, 0) is 38.1 Å². The molecule has 1 aliphatic heterocycles. The molecule has 1 aromatic carbocycles. The van der Waals surface area contributed by atoms with Crippen molar-refractivity contribution in [3.63, 3.8) is 0 Å². The van der Waals surface area contributed by atoms with E-state index >= 15 is 0 Å². The van der Waals surface area contributed by atoms with Gasteiger partial charge < -0.3 is 4.74 Å². The molecular formula is C18H21N3O4. The Kier molecular flexibility index (Phi) is 5.45. The standard InChI is InChI=1S/C18H21N3O4/c22-18-6-2-5-11-20(18)15-7-8-16(21(23)24)17(14-15)25-13-12-19-9-3-1-4-10-19/h2,5-8,11,14H,1,3-4,9-10,12-13H2. The largest absolute Gasteiger partial charge is 0.485 e. The molecule has 2 aromatic rings. The van der Waals surface area contributed by atoms with Gasteiger partial charge >= 0.3 is 5.69 Å². The lowest BCUT2D eigenvalue weighted by Crippen LogP contribution is -2.33. The van der Waals surface area contributed by atoms with Crippen LogP contribution in [0, 0.1) is 10.1 Å². The summed E-state index contributed by atoms with van der Waals surface area (Å²) < 4.78 is 7.14. The van der Waals surface area contributed by atoms with E-state index in [1.165, 1.54) is 36.0 Å². The van der Waals surface area contributed by atoms with E-state index in [9.17, 15) is 14.9 Å². The highest BCUT2D eigenvalue weighted by atomic mass is 16.6. The van der Waals surface area contributed by atoms with Crippen LogP contribution in [0.25, 0.3) is 5.69 Å². The van der Waals surface area contributed by atoms with Gasteiger partial charge in [0.2, 0.25) is 0 Å². The second kappa shape index (κ2) is 7.94. The van der Waals surface area contributed by atoms with Gasteiger partial charge in [-0.3, -0.25) is 24.4 Å². The summed E-state index contributed by atoms with van der Waals surface area (Å²) in [4.78, 5) is 25.0. The molecule has 0 radical (unpaired) electrons. The number of piperidine rings is 1. The van der Waals surface area contributed by atoms with Crippen molar-refractivity contribution in [1.82, 2.24) is 9.47 Å². The molecule has 3 rings (SSSR count). The molecule has 1 aliphatic rings. The third kappa shape index (κ3) is 4.24. The summed E-state index contributed by atoms with van der Waals surface area (Å²) in [7, 11) is 0. The Labute approximate surface area is 145 Å². The molecule has 7 nitrogen and oxygen atoms in total. The highest BCUT2D eigenvalue weighted by Crippen LogP contribution is 2.29. The van der Waals surface area contributed by atoms with E-state index in [4.69, 9.17) is 4.74 Å². The SMILES string of the molecule is O=c1ccccn1-c1ccc([N+](=O)[O-])c(OCCN2CCCCC2)c1. The lowest BCUT2D eigenvalue weighted by atomic mass is 10.1. The van der Waals surface area contributed by atoms with Crippen molar-refractivity contribution in [1.29, 1.82) is 0 Å². The van der Waals surface area contributed by atoms with Crippen LogP contribution in [0.1, 0.15) is 19.3 Å². The average molecular weight is 343 g/mol. The third-order valence-electron chi connectivity index (χ3n) is 4.35. The molecule has 1 saturated heterocycles. The minimum atomic E-state index is -0.465. The van der Waals surface area contributed by atoms with Crippen LogP contribution in [0.5, 0.6) is 5.75 Å². The quantitative estimate of drug-likeness (QED) is 0.595. The summed E-state index contributed by atoms with van der Waals surface area (Å²) in [5.74, 6) is 0.190. The van der Waals surface area contributed by atoms with Crippen LogP contribution < -0.4 is 10.3 Å². The zero-order valence-electron chi connectivity index (χ0n) is 14.0. The highest BCUT2D eigenvalue weighted by Gasteiger charge is 2.17. The average Bonchev–Trinajstić information content (AvgIpc) is 2.63. The fraction of sp³-hybridized carbons (Fsp3) is 0.389. The summed E-state index contributed by atoms with van der Waals surface area (Å²) in [5.41, 5.74) is 0.256. The van der Waals surface area contributed by atoms with Crippen LogP contribution in [0.2, 0.25) is 0 Å². The third-order valence-corrected chi connectivity index (χ3v) is 4.35. The molecule has 0 aliphatic carbocycles. The van der Waals surface area contributed by atoms with Gasteiger partial charge in [0, 0.05) is 30.9 Å². The minimum absolute atomic E-state index is 0.0913. The van der Waals surface area contributed by atoms with Crippen LogP contribution >= 0.6 is 0 Å². The number of nitrogens with zero attached hydrogens (tertiary/aromatic N) is 3. The lowest BCUT2D eigenvalue weighted by Gasteiger charge is -2.26. The second-order valence-corrected chi connectivity index (χ2v) is 6.07. The molecule has 1 aromatic heterocycles. The van der Waals surface area contributed by atoms with E-state index < -0.39 is 4.92 Å². The Morgan fingerprint density at radius 3 is 2.64 bits per heavy atom. The molecule has 0 saturated carbocycles. The van der Waals surface area contributed by atoms with E-state index in [0.29, 0.717) is 12.3 Å². The monoisotopic (exact) mass is 343 g/mol. The van der Waals surface area contributed by atoms with E-state index in [0.717, 1.165) is 19.6 Å². The van der Waals surface area contributed by atoms with Crippen molar-refractivity contribution < 1.29 is 9.66 Å². The molecule has 1 fully saturated rings. The summed E-state index contributed by atoms with van der Waals surface area (Å²) in [6.07, 6.45) is 5.26. The molecule has 0 amide bonds. The minimum Gasteiger partial charge on any atom is -0.485 e. The first-order valence-corrected chi connectivity index (χ1v) is 8.47. The normalized spacial score (nSPS) is 15.0. The number of nitro groups is 1. The van der Waals surface area contributed by atoms with Crippen LogP contribution in [0.15, 0.2) is 47.4 Å². The van der Waals surface area contributed by atoms with E-state index in [1.807, 2.05) is 0 Å².